The van der Waals surface area contributed by atoms with Gasteiger partial charge in [-0.3, -0.25) is 4.90 Å². The van der Waals surface area contributed by atoms with Crippen molar-refractivity contribution in [3.63, 3.8) is 0 Å². The lowest BCUT2D eigenvalue weighted by Crippen LogP contribution is -2.49. The lowest BCUT2D eigenvalue weighted by molar-refractivity contribution is -0.0205. The molecule has 0 aromatic heterocycles. The highest BCUT2D eigenvalue weighted by Crippen LogP contribution is 2.26. The molecule has 2 amide bonds. The summed E-state index contributed by atoms with van der Waals surface area (Å²) in [7, 11) is 1.89. The fourth-order valence-electron chi connectivity index (χ4n) is 3.60. The van der Waals surface area contributed by atoms with Crippen LogP contribution in [0.25, 0.3) is 0 Å². The lowest BCUT2D eigenvalue weighted by atomic mass is 10.0. The van der Waals surface area contributed by atoms with Crippen molar-refractivity contribution in [1.82, 2.24) is 10.2 Å². The second kappa shape index (κ2) is 11.5. The number of carbonyl (C=O) groups excluding carboxylic acids is 1. The molecular formula is C21H27Cl2N3O4. The van der Waals surface area contributed by atoms with Crippen LogP contribution >= 0.6 is 24.0 Å². The van der Waals surface area contributed by atoms with Crippen molar-refractivity contribution in [2.45, 2.75) is 30.9 Å². The molecule has 1 saturated heterocycles. The third-order valence-corrected chi connectivity index (χ3v) is 5.21. The number of anilines is 1. The van der Waals surface area contributed by atoms with Crippen LogP contribution in [0.4, 0.5) is 10.5 Å². The molecule has 1 aliphatic rings. The first-order valence-electron chi connectivity index (χ1n) is 9.47. The minimum atomic E-state index is -0.864. The summed E-state index contributed by atoms with van der Waals surface area (Å²) in [5.74, 6) is 0. The number of nitrogens with zero attached hydrogens (tertiary/aromatic N) is 1. The number of rotatable bonds is 7. The molecule has 0 spiro atoms. The van der Waals surface area contributed by atoms with Crippen molar-refractivity contribution in [3.8, 4) is 0 Å². The van der Waals surface area contributed by atoms with Gasteiger partial charge in [-0.05, 0) is 30.8 Å². The molecule has 0 saturated carbocycles. The third kappa shape index (κ3) is 6.31. The Balaban J connectivity index is 0.00000320. The van der Waals surface area contributed by atoms with Gasteiger partial charge in [-0.2, -0.15) is 0 Å². The predicted molar refractivity (Wildman–Crippen MR) is 119 cm³/mol. The number of ether oxygens (including phenoxy) is 1. The molecule has 4 atom stereocenters. The summed E-state index contributed by atoms with van der Waals surface area (Å²) in [6.07, 6.45) is -2.03. The van der Waals surface area contributed by atoms with Gasteiger partial charge in [0.1, 0.15) is 12.2 Å². The molecule has 3 rings (SSSR count). The molecule has 30 heavy (non-hydrogen) atoms. The van der Waals surface area contributed by atoms with Crippen molar-refractivity contribution in [3.05, 3.63) is 65.2 Å². The van der Waals surface area contributed by atoms with Gasteiger partial charge in [0, 0.05) is 23.8 Å². The minimum Gasteiger partial charge on any atom is -0.394 e. The van der Waals surface area contributed by atoms with Crippen LogP contribution in [0.3, 0.4) is 0 Å². The summed E-state index contributed by atoms with van der Waals surface area (Å²) in [6.45, 7) is 0.501. The van der Waals surface area contributed by atoms with Gasteiger partial charge in [-0.15, -0.1) is 12.4 Å². The maximum Gasteiger partial charge on any atom is 0.319 e. The van der Waals surface area contributed by atoms with Gasteiger partial charge in [0.15, 0.2) is 0 Å². The van der Waals surface area contributed by atoms with Crippen LogP contribution in [-0.2, 0) is 11.3 Å². The van der Waals surface area contributed by atoms with E-state index < -0.39 is 24.3 Å². The SMILES string of the molecule is CN(Cc1ccccc1)[C@H]1[C@H](O)[C@H](CO)O[C@@H]1CNC(=O)Nc1cccc(Cl)c1.Cl. The van der Waals surface area contributed by atoms with Crippen LogP contribution in [0, 0.1) is 0 Å². The van der Waals surface area contributed by atoms with Crippen LogP contribution in [0.1, 0.15) is 5.56 Å². The van der Waals surface area contributed by atoms with E-state index in [0.717, 1.165) is 5.56 Å². The number of urea groups is 1. The van der Waals surface area contributed by atoms with Crippen LogP contribution in [0.5, 0.6) is 0 Å². The zero-order valence-corrected chi connectivity index (χ0v) is 18.1. The van der Waals surface area contributed by atoms with E-state index in [1.807, 2.05) is 42.3 Å². The van der Waals surface area contributed by atoms with Gasteiger partial charge in [0.25, 0.3) is 0 Å². The number of nitrogens with one attached hydrogen (secondary N) is 2. The van der Waals surface area contributed by atoms with Crippen molar-refractivity contribution in [2.24, 2.45) is 0 Å². The molecule has 0 aliphatic carbocycles. The summed E-state index contributed by atoms with van der Waals surface area (Å²) in [6, 6.07) is 16.0. The molecule has 2 aromatic carbocycles. The number of aliphatic hydroxyl groups excluding tert-OH is 2. The van der Waals surface area contributed by atoms with Crippen molar-refractivity contribution >= 4 is 35.7 Å². The van der Waals surface area contributed by atoms with E-state index in [1.165, 1.54) is 0 Å². The maximum absolute atomic E-state index is 12.2. The van der Waals surface area contributed by atoms with Crippen LogP contribution in [0.2, 0.25) is 5.02 Å². The standard InChI is InChI=1S/C21H26ClN3O4.ClH/c1-25(12-14-6-3-2-4-7-14)19-17(29-18(13-26)20(19)27)11-23-21(28)24-16-9-5-8-15(22)10-16;/h2-10,17-20,26-27H,11-13H2,1H3,(H2,23,24,28);1H/t17-,18+,19-,20-;/m1./s1. The van der Waals surface area contributed by atoms with Crippen molar-refractivity contribution in [1.29, 1.82) is 0 Å². The highest BCUT2D eigenvalue weighted by molar-refractivity contribution is 6.30. The van der Waals surface area contributed by atoms with Gasteiger partial charge >= 0.3 is 6.03 Å². The Labute approximate surface area is 187 Å². The van der Waals surface area contributed by atoms with E-state index in [2.05, 4.69) is 10.6 Å². The Bertz CT molecular complexity index is 812. The first kappa shape index (κ1) is 24.4. The average Bonchev–Trinajstić information content (AvgIpc) is 3.02. The second-order valence-electron chi connectivity index (χ2n) is 7.12. The van der Waals surface area contributed by atoms with Crippen LogP contribution in [0.15, 0.2) is 54.6 Å². The third-order valence-electron chi connectivity index (χ3n) is 4.97. The molecule has 2 aromatic rings. The quantitative estimate of drug-likeness (QED) is 0.514. The lowest BCUT2D eigenvalue weighted by Gasteiger charge is -2.30. The number of halogens is 2. The Morgan fingerprint density at radius 1 is 1.17 bits per heavy atom. The number of amides is 2. The molecule has 0 bridgehead atoms. The molecule has 1 heterocycles. The molecule has 164 valence electrons. The van der Waals surface area contributed by atoms with E-state index >= 15 is 0 Å². The number of likely N-dealkylation sites (N-methyl/N-ethyl adjacent to an activating group) is 1. The Morgan fingerprint density at radius 3 is 2.57 bits per heavy atom. The number of carbonyl (C=O) groups is 1. The van der Waals surface area contributed by atoms with Crippen molar-refractivity contribution < 1.29 is 19.7 Å². The molecule has 0 radical (unpaired) electrons. The van der Waals surface area contributed by atoms with Gasteiger partial charge in [-0.25, -0.2) is 4.79 Å². The van der Waals surface area contributed by atoms with E-state index in [9.17, 15) is 15.0 Å². The van der Waals surface area contributed by atoms with E-state index in [1.54, 1.807) is 24.3 Å². The molecule has 1 aliphatic heterocycles. The molecule has 4 N–H and O–H groups in total. The van der Waals surface area contributed by atoms with Crippen LogP contribution in [-0.4, -0.2) is 65.7 Å². The normalized spacial score (nSPS) is 23.1. The minimum absolute atomic E-state index is 0. The maximum atomic E-state index is 12.2. The van der Waals surface area contributed by atoms with Gasteiger partial charge in [-0.1, -0.05) is 48.0 Å². The highest BCUT2D eigenvalue weighted by Gasteiger charge is 2.45. The zero-order chi connectivity index (χ0) is 20.8. The summed E-state index contributed by atoms with van der Waals surface area (Å²) >= 11 is 5.93. The number of hydrogen-bond acceptors (Lipinski definition) is 5. The monoisotopic (exact) mass is 455 g/mol. The number of hydrogen-bond donors (Lipinski definition) is 4. The molecule has 9 heteroatoms. The summed E-state index contributed by atoms with van der Waals surface area (Å²) in [5, 5.41) is 26.2. The Hall–Kier alpha value is -1.87. The number of aliphatic hydroxyl groups is 2. The number of benzene rings is 2. The topological polar surface area (TPSA) is 94.1 Å². The van der Waals surface area contributed by atoms with Crippen LogP contribution < -0.4 is 10.6 Å². The molecular weight excluding hydrogens is 429 g/mol. The summed E-state index contributed by atoms with van der Waals surface area (Å²) in [4.78, 5) is 14.2. The van der Waals surface area contributed by atoms with E-state index in [0.29, 0.717) is 17.3 Å². The smallest absolute Gasteiger partial charge is 0.319 e. The summed E-state index contributed by atoms with van der Waals surface area (Å²) < 4.78 is 5.81. The highest BCUT2D eigenvalue weighted by atomic mass is 35.5. The molecule has 1 fully saturated rings. The largest absolute Gasteiger partial charge is 0.394 e. The second-order valence-corrected chi connectivity index (χ2v) is 7.56. The van der Waals surface area contributed by atoms with E-state index in [4.69, 9.17) is 16.3 Å². The van der Waals surface area contributed by atoms with E-state index in [-0.39, 0.29) is 31.6 Å². The predicted octanol–water partition coefficient (Wildman–Crippen LogP) is 2.50. The fourth-order valence-corrected chi connectivity index (χ4v) is 3.79. The Morgan fingerprint density at radius 2 is 1.90 bits per heavy atom. The fraction of sp³-hybridized carbons (Fsp3) is 0.381. The molecule has 0 unspecified atom stereocenters. The Kier molecular flexibility index (Phi) is 9.36. The van der Waals surface area contributed by atoms with Gasteiger partial charge in [0.2, 0.25) is 0 Å². The van der Waals surface area contributed by atoms with Gasteiger partial charge in [0.05, 0.1) is 18.8 Å². The first-order chi connectivity index (χ1) is 14.0. The first-order valence-corrected chi connectivity index (χ1v) is 9.84. The van der Waals surface area contributed by atoms with Crippen molar-refractivity contribution in [2.75, 3.05) is 25.5 Å². The summed E-state index contributed by atoms with van der Waals surface area (Å²) in [5.41, 5.74) is 1.67. The zero-order valence-electron chi connectivity index (χ0n) is 16.6. The molecule has 7 nitrogen and oxygen atoms in total. The average molecular weight is 456 g/mol. The van der Waals surface area contributed by atoms with Gasteiger partial charge < -0.3 is 25.6 Å².